The van der Waals surface area contributed by atoms with Crippen LogP contribution in [0.2, 0.25) is 0 Å². The van der Waals surface area contributed by atoms with Crippen molar-refractivity contribution in [2.45, 2.75) is 69.9 Å². The van der Waals surface area contributed by atoms with E-state index in [1.165, 1.54) is 13.3 Å². The number of guanidine groups is 1. The number of carbonyl (C=O) groups is 3. The Bertz CT molecular complexity index is 1690. The molecule has 7 N–H and O–H groups in total. The number of benzene rings is 3. The van der Waals surface area contributed by atoms with E-state index in [-0.39, 0.29) is 42.8 Å². The van der Waals surface area contributed by atoms with Gasteiger partial charge < -0.3 is 36.7 Å². The highest BCUT2D eigenvalue weighted by molar-refractivity contribution is 5.92. The zero-order valence-electron chi connectivity index (χ0n) is 27.2. The Kier molecular flexibility index (Phi) is 11.8. The van der Waals surface area contributed by atoms with Crippen LogP contribution in [0.3, 0.4) is 0 Å². The molecule has 1 saturated heterocycles. The highest BCUT2D eigenvalue weighted by atomic mass is 16.5. The first-order valence-electron chi connectivity index (χ1n) is 16.3. The number of aromatic amines is 1. The van der Waals surface area contributed by atoms with Crippen molar-refractivity contribution < 1.29 is 19.1 Å². The average Bonchev–Trinajstić information content (AvgIpc) is 3.75. The molecule has 1 aliphatic heterocycles. The number of imidazole rings is 1. The predicted octanol–water partition coefficient (Wildman–Crippen LogP) is 2.58. The van der Waals surface area contributed by atoms with E-state index in [0.717, 1.165) is 21.9 Å². The average molecular weight is 653 g/mol. The number of nitrogens with one attached hydrogen (secondary N) is 3. The minimum atomic E-state index is -0.902. The van der Waals surface area contributed by atoms with Crippen LogP contribution < -0.4 is 22.1 Å². The number of hydrogen-bond acceptors (Lipinski definition) is 6. The summed E-state index contributed by atoms with van der Waals surface area (Å²) < 4.78 is 6.41. The van der Waals surface area contributed by atoms with Crippen LogP contribution in [0.5, 0.6) is 0 Å². The number of aromatic nitrogens is 2. The number of aliphatic imine (C=N–C) groups is 1. The fraction of sp³-hybridized carbons (Fsp3) is 0.361. The van der Waals surface area contributed by atoms with E-state index in [0.29, 0.717) is 44.7 Å². The third-order valence-electron chi connectivity index (χ3n) is 8.52. The number of rotatable bonds is 15. The summed E-state index contributed by atoms with van der Waals surface area (Å²) in [4.78, 5) is 53.1. The summed E-state index contributed by atoms with van der Waals surface area (Å²) in [6, 6.07) is 22.1. The normalized spacial score (nSPS) is 17.1. The van der Waals surface area contributed by atoms with Gasteiger partial charge in [-0.15, -0.1) is 0 Å². The van der Waals surface area contributed by atoms with Gasteiger partial charge in [0, 0.05) is 50.8 Å². The Morgan fingerprint density at radius 1 is 0.979 bits per heavy atom. The minimum absolute atomic E-state index is 0.0282. The fourth-order valence-electron chi connectivity index (χ4n) is 6.21. The lowest BCUT2D eigenvalue weighted by atomic mass is 10.0. The number of H-pyrrole nitrogens is 1. The highest BCUT2D eigenvalue weighted by Crippen LogP contribution is 2.27. The molecule has 0 aliphatic carbocycles. The second-order valence-electron chi connectivity index (χ2n) is 12.2. The van der Waals surface area contributed by atoms with Crippen molar-refractivity contribution in [1.82, 2.24) is 25.5 Å². The number of nitrogens with two attached hydrogens (primary N) is 2. The van der Waals surface area contributed by atoms with Gasteiger partial charge in [0.1, 0.15) is 12.1 Å². The fourth-order valence-corrected chi connectivity index (χ4v) is 6.21. The summed E-state index contributed by atoms with van der Waals surface area (Å²) in [6.07, 6.45) is 5.37. The first-order valence-corrected chi connectivity index (χ1v) is 16.3. The summed E-state index contributed by atoms with van der Waals surface area (Å²) in [5, 5.41) is 8.01. The van der Waals surface area contributed by atoms with Crippen LogP contribution in [-0.2, 0) is 38.6 Å². The zero-order valence-corrected chi connectivity index (χ0v) is 27.2. The number of amides is 3. The molecule has 0 bridgehead atoms. The van der Waals surface area contributed by atoms with Crippen molar-refractivity contribution in [3.05, 3.63) is 102 Å². The van der Waals surface area contributed by atoms with Crippen LogP contribution in [0.4, 0.5) is 0 Å². The topological polar surface area (TPSA) is 181 Å². The molecule has 1 fully saturated rings. The number of ether oxygens (including phenoxy) is 1. The van der Waals surface area contributed by atoms with Crippen LogP contribution in [0.15, 0.2) is 90.3 Å². The Labute approximate surface area is 280 Å². The van der Waals surface area contributed by atoms with Crippen molar-refractivity contribution in [1.29, 1.82) is 0 Å². The van der Waals surface area contributed by atoms with Crippen LogP contribution in [-0.4, -0.2) is 75.9 Å². The monoisotopic (exact) mass is 652 g/mol. The molecule has 4 atom stereocenters. The van der Waals surface area contributed by atoms with Crippen LogP contribution >= 0.6 is 0 Å². The Morgan fingerprint density at radius 3 is 2.48 bits per heavy atom. The molecule has 3 aromatic carbocycles. The molecule has 1 aromatic heterocycles. The molecule has 3 amide bonds. The van der Waals surface area contributed by atoms with Gasteiger partial charge in [-0.1, -0.05) is 66.7 Å². The standard InChI is InChI=1S/C36H44N8O4/c1-24(45)42-32(18-29-20-39-23-41-29)34(46)43-33(17-25-8-3-2-4-9-25)35(47)44-21-31(19-30(44)12-7-15-40-36(37)38)48-22-26-13-14-27-10-5-6-11-28(27)16-26/h2-6,8-11,13-14,16,20,23,30-33H,7,12,15,17-19,21-22H2,1H3,(H,39,41)(H,42,45)(H,43,46)(H4,37,38,40)/t30-,31+,32+,33+/m0/s1. The van der Waals surface area contributed by atoms with Gasteiger partial charge in [0.2, 0.25) is 17.7 Å². The molecule has 2 heterocycles. The number of nitrogens with zero attached hydrogens (tertiary/aromatic N) is 3. The number of likely N-dealkylation sites (tertiary alicyclic amines) is 1. The summed E-state index contributed by atoms with van der Waals surface area (Å²) >= 11 is 0. The molecule has 0 radical (unpaired) electrons. The van der Waals surface area contributed by atoms with Crippen LogP contribution in [0, 0.1) is 0 Å². The molecule has 0 unspecified atom stereocenters. The number of hydrogen-bond donors (Lipinski definition) is 5. The van der Waals surface area contributed by atoms with E-state index in [1.54, 1.807) is 6.20 Å². The van der Waals surface area contributed by atoms with Crippen molar-refractivity contribution >= 4 is 34.5 Å². The van der Waals surface area contributed by atoms with E-state index in [9.17, 15) is 14.4 Å². The van der Waals surface area contributed by atoms with Gasteiger partial charge in [0.15, 0.2) is 5.96 Å². The molecule has 4 aromatic rings. The first-order chi connectivity index (χ1) is 23.2. The molecule has 252 valence electrons. The maximum atomic E-state index is 14.4. The Hall–Kier alpha value is -5.23. The number of carbonyl (C=O) groups excluding carboxylic acids is 3. The van der Waals surface area contributed by atoms with Gasteiger partial charge in [0.05, 0.1) is 19.0 Å². The van der Waals surface area contributed by atoms with Crippen molar-refractivity contribution in [2.24, 2.45) is 16.5 Å². The maximum absolute atomic E-state index is 14.4. The Morgan fingerprint density at radius 2 is 1.75 bits per heavy atom. The maximum Gasteiger partial charge on any atom is 0.245 e. The van der Waals surface area contributed by atoms with Gasteiger partial charge >= 0.3 is 0 Å². The second-order valence-corrected chi connectivity index (χ2v) is 12.2. The smallest absolute Gasteiger partial charge is 0.245 e. The zero-order chi connectivity index (χ0) is 33.9. The lowest BCUT2D eigenvalue weighted by molar-refractivity contribution is -0.138. The highest BCUT2D eigenvalue weighted by Gasteiger charge is 2.39. The lowest BCUT2D eigenvalue weighted by Gasteiger charge is -2.30. The summed E-state index contributed by atoms with van der Waals surface area (Å²) in [5.74, 6) is -0.992. The van der Waals surface area contributed by atoms with Gasteiger partial charge in [-0.2, -0.15) is 0 Å². The predicted molar refractivity (Wildman–Crippen MR) is 185 cm³/mol. The van der Waals surface area contributed by atoms with Crippen molar-refractivity contribution in [3.63, 3.8) is 0 Å². The molecule has 0 spiro atoms. The molecule has 0 saturated carbocycles. The molecule has 48 heavy (non-hydrogen) atoms. The van der Waals surface area contributed by atoms with E-state index in [1.807, 2.05) is 47.4 Å². The third-order valence-corrected chi connectivity index (χ3v) is 8.52. The summed E-state index contributed by atoms with van der Waals surface area (Å²) in [7, 11) is 0. The van der Waals surface area contributed by atoms with Crippen LogP contribution in [0.25, 0.3) is 10.8 Å². The van der Waals surface area contributed by atoms with Crippen LogP contribution in [0.1, 0.15) is 43.0 Å². The van der Waals surface area contributed by atoms with Gasteiger partial charge in [-0.05, 0) is 47.2 Å². The quantitative estimate of drug-likeness (QED) is 0.0743. The molecular formula is C36H44N8O4. The largest absolute Gasteiger partial charge is 0.372 e. The van der Waals surface area contributed by atoms with E-state index in [4.69, 9.17) is 16.2 Å². The minimum Gasteiger partial charge on any atom is -0.372 e. The summed E-state index contributed by atoms with van der Waals surface area (Å²) in [6.45, 7) is 2.59. The van der Waals surface area contributed by atoms with Crippen molar-refractivity contribution in [2.75, 3.05) is 13.1 Å². The third kappa shape index (κ3) is 9.64. The van der Waals surface area contributed by atoms with E-state index >= 15 is 0 Å². The molecular weight excluding hydrogens is 608 g/mol. The SMILES string of the molecule is CC(=O)N[C@H](Cc1cnc[nH]1)C(=O)N[C@H](Cc1ccccc1)C(=O)N1C[C@H](OCc2ccc3ccccc3c2)C[C@@H]1CCCN=C(N)N. The molecule has 12 nitrogen and oxygen atoms in total. The van der Waals surface area contributed by atoms with Gasteiger partial charge in [0.25, 0.3) is 0 Å². The Balaban J connectivity index is 1.34. The van der Waals surface area contributed by atoms with Gasteiger partial charge in [-0.25, -0.2) is 4.98 Å². The molecule has 1 aliphatic rings. The number of fused-ring (bicyclic) bond motifs is 1. The molecule has 5 rings (SSSR count). The second kappa shape index (κ2) is 16.6. The van der Waals surface area contributed by atoms with E-state index in [2.05, 4.69) is 55.9 Å². The summed E-state index contributed by atoms with van der Waals surface area (Å²) in [5.41, 5.74) is 13.7. The van der Waals surface area contributed by atoms with Crippen molar-refractivity contribution in [3.8, 4) is 0 Å². The first kappa shape index (κ1) is 34.1. The van der Waals surface area contributed by atoms with E-state index < -0.39 is 18.0 Å². The van der Waals surface area contributed by atoms with Gasteiger partial charge in [-0.3, -0.25) is 19.4 Å². The molecule has 12 heteroatoms. The lowest BCUT2D eigenvalue weighted by Crippen LogP contribution is -2.56.